The highest BCUT2D eigenvalue weighted by Gasteiger charge is 2.12. The van der Waals surface area contributed by atoms with Gasteiger partial charge in [0.1, 0.15) is 11.8 Å². The molecule has 0 amide bonds. The van der Waals surface area contributed by atoms with Crippen molar-refractivity contribution in [3.63, 3.8) is 0 Å². The molecule has 2 N–H and O–H groups in total. The van der Waals surface area contributed by atoms with Crippen molar-refractivity contribution in [2.45, 2.75) is 33.2 Å². The number of nitrogen functional groups attached to an aromatic ring is 1. The van der Waals surface area contributed by atoms with Gasteiger partial charge in [0, 0.05) is 18.7 Å². The van der Waals surface area contributed by atoms with E-state index in [1.807, 2.05) is 4.57 Å². The molecule has 2 rings (SSSR count). The summed E-state index contributed by atoms with van der Waals surface area (Å²) in [5, 5.41) is 9.16. The maximum atomic E-state index is 9.16. The van der Waals surface area contributed by atoms with Crippen molar-refractivity contribution in [1.82, 2.24) is 4.57 Å². The van der Waals surface area contributed by atoms with Crippen LogP contribution in [0.3, 0.4) is 0 Å². The first-order valence-corrected chi connectivity index (χ1v) is 6.59. The van der Waals surface area contributed by atoms with E-state index in [0.717, 1.165) is 25.1 Å². The van der Waals surface area contributed by atoms with Gasteiger partial charge in [0.2, 0.25) is 0 Å². The number of aryl methyl sites for hydroxylation is 1. The molecule has 3 heteroatoms. The van der Waals surface area contributed by atoms with Crippen molar-refractivity contribution in [1.29, 1.82) is 5.26 Å². The van der Waals surface area contributed by atoms with Crippen LogP contribution in [0.25, 0.3) is 0 Å². The zero-order valence-corrected chi connectivity index (χ0v) is 11.5. The Hall–Kier alpha value is -2.21. The molecule has 98 valence electrons. The van der Waals surface area contributed by atoms with Gasteiger partial charge in [-0.2, -0.15) is 5.26 Å². The lowest BCUT2D eigenvalue weighted by atomic mass is 10.1. The van der Waals surface area contributed by atoms with E-state index in [-0.39, 0.29) is 0 Å². The Morgan fingerprint density at radius 1 is 1.26 bits per heavy atom. The fraction of sp³-hybridized carbons (Fsp3) is 0.312. The zero-order valence-electron chi connectivity index (χ0n) is 11.5. The van der Waals surface area contributed by atoms with Crippen LogP contribution in [0.2, 0.25) is 0 Å². The van der Waals surface area contributed by atoms with Crippen molar-refractivity contribution in [3.05, 3.63) is 52.8 Å². The van der Waals surface area contributed by atoms with Gasteiger partial charge in [0.25, 0.3) is 0 Å². The molecule has 1 aromatic heterocycles. The molecule has 0 fully saturated rings. The third-order valence-electron chi connectivity index (χ3n) is 3.30. The van der Waals surface area contributed by atoms with E-state index in [1.165, 1.54) is 11.1 Å². The minimum atomic E-state index is 0.654. The molecule has 0 radical (unpaired) electrons. The first-order valence-electron chi connectivity index (χ1n) is 6.59. The molecule has 0 aliphatic rings. The summed E-state index contributed by atoms with van der Waals surface area (Å²) >= 11 is 0. The second kappa shape index (κ2) is 5.62. The lowest BCUT2D eigenvalue weighted by Gasteiger charge is -2.10. The average Bonchev–Trinajstić information content (AvgIpc) is 2.70. The Kier molecular flexibility index (Phi) is 3.91. The number of hydrogen-bond donors (Lipinski definition) is 1. The number of rotatable bonds is 4. The maximum Gasteiger partial charge on any atom is 0.122 e. The van der Waals surface area contributed by atoms with Gasteiger partial charge in [-0.1, -0.05) is 36.8 Å². The molecule has 0 aliphatic heterocycles. The van der Waals surface area contributed by atoms with Crippen LogP contribution < -0.4 is 5.73 Å². The molecule has 0 aliphatic carbocycles. The van der Waals surface area contributed by atoms with Crippen molar-refractivity contribution < 1.29 is 0 Å². The predicted octanol–water partition coefficient (Wildman–Crippen LogP) is 3.25. The summed E-state index contributed by atoms with van der Waals surface area (Å²) in [6.07, 6.45) is 1.76. The number of aromatic nitrogens is 1. The largest absolute Gasteiger partial charge is 0.397 e. The highest BCUT2D eigenvalue weighted by atomic mass is 15.0. The SMILES string of the molecule is CCCn1c(C#N)cc(N)c1Cc1ccc(C)cc1. The van der Waals surface area contributed by atoms with Crippen molar-refractivity contribution in [2.75, 3.05) is 5.73 Å². The van der Waals surface area contributed by atoms with Crippen LogP contribution >= 0.6 is 0 Å². The topological polar surface area (TPSA) is 54.7 Å². The number of nitrogens with two attached hydrogens (primary N) is 1. The third kappa shape index (κ3) is 2.79. The number of nitriles is 1. The second-order valence-corrected chi connectivity index (χ2v) is 4.86. The van der Waals surface area contributed by atoms with Crippen molar-refractivity contribution >= 4 is 5.69 Å². The van der Waals surface area contributed by atoms with Gasteiger partial charge in [-0.05, 0) is 25.0 Å². The van der Waals surface area contributed by atoms with Crippen molar-refractivity contribution in [3.8, 4) is 6.07 Å². The quantitative estimate of drug-likeness (QED) is 0.909. The predicted molar refractivity (Wildman–Crippen MR) is 77.8 cm³/mol. The summed E-state index contributed by atoms with van der Waals surface area (Å²) in [4.78, 5) is 0. The van der Waals surface area contributed by atoms with E-state index in [9.17, 15) is 0 Å². The van der Waals surface area contributed by atoms with Crippen LogP contribution in [-0.4, -0.2) is 4.57 Å². The Morgan fingerprint density at radius 3 is 2.53 bits per heavy atom. The van der Waals surface area contributed by atoms with Crippen LogP contribution in [0.1, 0.15) is 35.9 Å². The minimum absolute atomic E-state index is 0.654. The van der Waals surface area contributed by atoms with E-state index >= 15 is 0 Å². The van der Waals surface area contributed by atoms with Crippen LogP contribution in [0.4, 0.5) is 5.69 Å². The van der Waals surface area contributed by atoms with Gasteiger partial charge in [-0.3, -0.25) is 0 Å². The molecule has 2 aromatic rings. The molecule has 1 heterocycles. The summed E-state index contributed by atoms with van der Waals surface area (Å²) < 4.78 is 2.04. The lowest BCUT2D eigenvalue weighted by molar-refractivity contribution is 0.650. The van der Waals surface area contributed by atoms with Gasteiger partial charge in [-0.25, -0.2) is 0 Å². The van der Waals surface area contributed by atoms with E-state index in [1.54, 1.807) is 6.07 Å². The molecule has 3 nitrogen and oxygen atoms in total. The minimum Gasteiger partial charge on any atom is -0.397 e. The molecule has 1 aromatic carbocycles. The molecule has 0 saturated carbocycles. The summed E-state index contributed by atoms with van der Waals surface area (Å²) in [5.74, 6) is 0. The summed E-state index contributed by atoms with van der Waals surface area (Å²) in [6.45, 7) is 5.01. The van der Waals surface area contributed by atoms with Crippen molar-refractivity contribution in [2.24, 2.45) is 0 Å². The Labute approximate surface area is 114 Å². The second-order valence-electron chi connectivity index (χ2n) is 4.86. The third-order valence-corrected chi connectivity index (χ3v) is 3.30. The molecule has 0 atom stereocenters. The number of benzene rings is 1. The normalized spacial score (nSPS) is 10.4. The molecule has 19 heavy (non-hydrogen) atoms. The van der Waals surface area contributed by atoms with E-state index in [0.29, 0.717) is 11.4 Å². The molecule has 0 saturated heterocycles. The molecule has 0 unspecified atom stereocenters. The van der Waals surface area contributed by atoms with Crippen LogP contribution in [0.15, 0.2) is 30.3 Å². The number of hydrogen-bond acceptors (Lipinski definition) is 2. The van der Waals surface area contributed by atoms with E-state index in [4.69, 9.17) is 11.0 Å². The van der Waals surface area contributed by atoms with E-state index < -0.39 is 0 Å². The van der Waals surface area contributed by atoms with Crippen LogP contribution in [0.5, 0.6) is 0 Å². The maximum absolute atomic E-state index is 9.16. The Bertz CT molecular complexity index is 600. The average molecular weight is 253 g/mol. The monoisotopic (exact) mass is 253 g/mol. The van der Waals surface area contributed by atoms with Gasteiger partial charge in [-0.15, -0.1) is 0 Å². The lowest BCUT2D eigenvalue weighted by Crippen LogP contribution is -2.07. The standard InChI is InChI=1S/C16H19N3/c1-3-8-19-14(11-17)10-15(18)16(19)9-13-6-4-12(2)5-7-13/h4-7,10H,3,8-9,18H2,1-2H3. The number of nitrogens with zero attached hydrogens (tertiary/aromatic N) is 2. The van der Waals surface area contributed by atoms with Crippen LogP contribution in [-0.2, 0) is 13.0 Å². The van der Waals surface area contributed by atoms with E-state index in [2.05, 4.69) is 44.2 Å². The summed E-state index contributed by atoms with van der Waals surface area (Å²) in [6, 6.07) is 12.4. The van der Waals surface area contributed by atoms with Gasteiger partial charge in [0.15, 0.2) is 0 Å². The zero-order chi connectivity index (χ0) is 13.8. The molecule has 0 spiro atoms. The highest BCUT2D eigenvalue weighted by molar-refractivity contribution is 5.52. The Morgan fingerprint density at radius 2 is 1.95 bits per heavy atom. The summed E-state index contributed by atoms with van der Waals surface area (Å²) in [5.41, 5.74) is 10.9. The van der Waals surface area contributed by atoms with Gasteiger partial charge < -0.3 is 10.3 Å². The molecule has 0 bridgehead atoms. The number of anilines is 1. The fourth-order valence-electron chi connectivity index (χ4n) is 2.28. The molecular weight excluding hydrogens is 234 g/mol. The molecular formula is C16H19N3. The Balaban J connectivity index is 2.36. The first kappa shape index (κ1) is 13.2. The van der Waals surface area contributed by atoms with Gasteiger partial charge in [0.05, 0.1) is 5.69 Å². The van der Waals surface area contributed by atoms with Crippen LogP contribution in [0, 0.1) is 18.3 Å². The first-order chi connectivity index (χ1) is 9.15. The smallest absolute Gasteiger partial charge is 0.122 e. The summed E-state index contributed by atoms with van der Waals surface area (Å²) in [7, 11) is 0. The fourth-order valence-corrected chi connectivity index (χ4v) is 2.28. The highest BCUT2D eigenvalue weighted by Crippen LogP contribution is 2.22. The van der Waals surface area contributed by atoms with Gasteiger partial charge >= 0.3 is 0 Å².